The lowest BCUT2D eigenvalue weighted by Crippen LogP contribution is -2.06. The molecule has 0 spiro atoms. The third-order valence-corrected chi connectivity index (χ3v) is 2.85. The minimum atomic E-state index is 0.821. The van der Waals surface area contributed by atoms with Gasteiger partial charge in [-0.1, -0.05) is 25.1 Å². The largest absolute Gasteiger partial charge is 0.370 e. The highest BCUT2D eigenvalue weighted by atomic mass is 15.1. The van der Waals surface area contributed by atoms with E-state index in [-0.39, 0.29) is 0 Å². The van der Waals surface area contributed by atoms with Crippen molar-refractivity contribution >= 4 is 17.3 Å². The van der Waals surface area contributed by atoms with Gasteiger partial charge in [0.25, 0.3) is 0 Å². The maximum Gasteiger partial charge on any atom is 0.136 e. The van der Waals surface area contributed by atoms with Crippen LogP contribution in [-0.4, -0.2) is 16.5 Å². The summed E-state index contributed by atoms with van der Waals surface area (Å²) in [6, 6.07) is 10.1. The summed E-state index contributed by atoms with van der Waals surface area (Å²) in [4.78, 5) is 8.95. The predicted octanol–water partition coefficient (Wildman–Crippen LogP) is 3.52. The first-order chi connectivity index (χ1) is 9.22. The van der Waals surface area contributed by atoms with Gasteiger partial charge in [-0.05, 0) is 25.5 Å². The molecule has 100 valence electrons. The van der Waals surface area contributed by atoms with Crippen LogP contribution < -0.4 is 10.6 Å². The third-order valence-electron chi connectivity index (χ3n) is 2.85. The SMILES string of the molecule is CCNc1cc(Nc2ccccc2C)nc(CC)n1. The van der Waals surface area contributed by atoms with Crippen molar-refractivity contribution in [1.82, 2.24) is 9.97 Å². The van der Waals surface area contributed by atoms with Crippen LogP contribution in [0.25, 0.3) is 0 Å². The Morgan fingerprint density at radius 1 is 1.05 bits per heavy atom. The van der Waals surface area contributed by atoms with Crippen LogP contribution in [0.15, 0.2) is 30.3 Å². The number of aromatic nitrogens is 2. The van der Waals surface area contributed by atoms with E-state index < -0.39 is 0 Å². The van der Waals surface area contributed by atoms with E-state index in [1.54, 1.807) is 0 Å². The van der Waals surface area contributed by atoms with Crippen LogP contribution >= 0.6 is 0 Å². The van der Waals surface area contributed by atoms with Gasteiger partial charge in [-0.15, -0.1) is 0 Å². The Balaban J connectivity index is 2.29. The van der Waals surface area contributed by atoms with Crippen LogP contribution in [0.3, 0.4) is 0 Å². The average molecular weight is 256 g/mol. The highest BCUT2D eigenvalue weighted by molar-refractivity contribution is 5.62. The summed E-state index contributed by atoms with van der Waals surface area (Å²) in [6.45, 7) is 7.05. The monoisotopic (exact) mass is 256 g/mol. The van der Waals surface area contributed by atoms with Gasteiger partial charge in [-0.25, -0.2) is 9.97 Å². The molecule has 0 atom stereocenters. The number of hydrogen-bond acceptors (Lipinski definition) is 4. The van der Waals surface area contributed by atoms with Gasteiger partial charge in [0.05, 0.1) is 0 Å². The molecule has 0 aliphatic carbocycles. The lowest BCUT2D eigenvalue weighted by molar-refractivity contribution is 0.939. The Labute approximate surface area is 114 Å². The van der Waals surface area contributed by atoms with E-state index in [0.29, 0.717) is 0 Å². The van der Waals surface area contributed by atoms with Crippen LogP contribution in [0.2, 0.25) is 0 Å². The van der Waals surface area contributed by atoms with Crippen molar-refractivity contribution in [3.8, 4) is 0 Å². The molecule has 4 heteroatoms. The number of para-hydroxylation sites is 1. The molecule has 0 amide bonds. The van der Waals surface area contributed by atoms with Gasteiger partial charge in [0.2, 0.25) is 0 Å². The van der Waals surface area contributed by atoms with Gasteiger partial charge in [-0.2, -0.15) is 0 Å². The van der Waals surface area contributed by atoms with Crippen molar-refractivity contribution < 1.29 is 0 Å². The fourth-order valence-electron chi connectivity index (χ4n) is 1.84. The normalized spacial score (nSPS) is 10.3. The van der Waals surface area contributed by atoms with Crippen molar-refractivity contribution in [2.24, 2.45) is 0 Å². The lowest BCUT2D eigenvalue weighted by atomic mass is 10.2. The number of anilines is 3. The molecule has 0 saturated heterocycles. The van der Waals surface area contributed by atoms with Crippen molar-refractivity contribution in [1.29, 1.82) is 0 Å². The zero-order valence-electron chi connectivity index (χ0n) is 11.7. The van der Waals surface area contributed by atoms with Crippen molar-refractivity contribution in [2.45, 2.75) is 27.2 Å². The van der Waals surface area contributed by atoms with Gasteiger partial charge in [0.1, 0.15) is 17.5 Å². The summed E-state index contributed by atoms with van der Waals surface area (Å²) in [7, 11) is 0. The van der Waals surface area contributed by atoms with E-state index in [4.69, 9.17) is 0 Å². The van der Waals surface area contributed by atoms with E-state index in [0.717, 1.165) is 36.1 Å². The number of benzene rings is 1. The average Bonchev–Trinajstić information content (AvgIpc) is 2.41. The summed E-state index contributed by atoms with van der Waals surface area (Å²) in [5.41, 5.74) is 2.27. The van der Waals surface area contributed by atoms with Crippen LogP contribution in [0.5, 0.6) is 0 Å². The first-order valence-corrected chi connectivity index (χ1v) is 6.67. The van der Waals surface area contributed by atoms with Crippen LogP contribution in [0.1, 0.15) is 25.2 Å². The number of aryl methyl sites for hydroxylation is 2. The summed E-state index contributed by atoms with van der Waals surface area (Å²) >= 11 is 0. The summed E-state index contributed by atoms with van der Waals surface area (Å²) in [6.07, 6.45) is 0.821. The van der Waals surface area contributed by atoms with Gasteiger partial charge >= 0.3 is 0 Å². The molecule has 0 aliphatic heterocycles. The van der Waals surface area contributed by atoms with Crippen molar-refractivity contribution in [3.63, 3.8) is 0 Å². The molecule has 1 heterocycles. The molecule has 0 radical (unpaired) electrons. The molecule has 0 aliphatic rings. The van der Waals surface area contributed by atoms with Crippen LogP contribution in [0.4, 0.5) is 17.3 Å². The molecule has 2 rings (SSSR count). The zero-order valence-corrected chi connectivity index (χ0v) is 11.7. The molecular formula is C15H20N4. The highest BCUT2D eigenvalue weighted by Gasteiger charge is 2.04. The van der Waals surface area contributed by atoms with Crippen molar-refractivity contribution in [2.75, 3.05) is 17.2 Å². The zero-order chi connectivity index (χ0) is 13.7. The summed E-state index contributed by atoms with van der Waals surface area (Å²) < 4.78 is 0. The molecule has 0 unspecified atom stereocenters. The van der Waals surface area contributed by atoms with E-state index >= 15 is 0 Å². The molecule has 1 aromatic carbocycles. The lowest BCUT2D eigenvalue weighted by Gasteiger charge is -2.11. The Morgan fingerprint density at radius 2 is 1.79 bits per heavy atom. The molecule has 1 aromatic heterocycles. The Bertz CT molecular complexity index is 552. The van der Waals surface area contributed by atoms with E-state index in [1.165, 1.54) is 5.56 Å². The smallest absolute Gasteiger partial charge is 0.136 e. The van der Waals surface area contributed by atoms with E-state index in [2.05, 4.69) is 53.5 Å². The Hall–Kier alpha value is -2.10. The van der Waals surface area contributed by atoms with Crippen LogP contribution in [0, 0.1) is 6.92 Å². The van der Waals surface area contributed by atoms with Gasteiger partial charge in [0, 0.05) is 24.7 Å². The standard InChI is InChI=1S/C15H20N4/c1-4-13-18-14(16-5-2)10-15(19-13)17-12-9-7-6-8-11(12)3/h6-10H,4-5H2,1-3H3,(H2,16,17,18,19). The molecule has 0 bridgehead atoms. The van der Waals surface area contributed by atoms with Crippen LogP contribution in [-0.2, 0) is 6.42 Å². The molecular weight excluding hydrogens is 236 g/mol. The van der Waals surface area contributed by atoms with E-state index in [1.807, 2.05) is 18.2 Å². The van der Waals surface area contributed by atoms with Gasteiger partial charge in [-0.3, -0.25) is 0 Å². The summed E-state index contributed by atoms with van der Waals surface area (Å²) in [5.74, 6) is 2.54. The molecule has 2 N–H and O–H groups in total. The minimum Gasteiger partial charge on any atom is -0.370 e. The van der Waals surface area contributed by atoms with Crippen molar-refractivity contribution in [3.05, 3.63) is 41.7 Å². The first-order valence-electron chi connectivity index (χ1n) is 6.67. The predicted molar refractivity (Wildman–Crippen MR) is 80.0 cm³/mol. The fourth-order valence-corrected chi connectivity index (χ4v) is 1.84. The quantitative estimate of drug-likeness (QED) is 0.859. The van der Waals surface area contributed by atoms with Gasteiger partial charge in [0.15, 0.2) is 0 Å². The number of nitrogens with one attached hydrogen (secondary N) is 2. The molecule has 2 aromatic rings. The second kappa shape index (κ2) is 6.18. The maximum atomic E-state index is 4.51. The maximum absolute atomic E-state index is 4.51. The fraction of sp³-hybridized carbons (Fsp3) is 0.333. The Kier molecular flexibility index (Phi) is 4.34. The second-order valence-corrected chi connectivity index (χ2v) is 4.38. The topological polar surface area (TPSA) is 49.8 Å². The number of hydrogen-bond donors (Lipinski definition) is 2. The number of nitrogens with zero attached hydrogens (tertiary/aromatic N) is 2. The first kappa shape index (κ1) is 13.3. The molecule has 0 saturated carbocycles. The third kappa shape index (κ3) is 3.44. The highest BCUT2D eigenvalue weighted by Crippen LogP contribution is 2.20. The number of rotatable bonds is 5. The Morgan fingerprint density at radius 3 is 2.47 bits per heavy atom. The molecule has 19 heavy (non-hydrogen) atoms. The van der Waals surface area contributed by atoms with Gasteiger partial charge < -0.3 is 10.6 Å². The minimum absolute atomic E-state index is 0.821. The summed E-state index contributed by atoms with van der Waals surface area (Å²) in [5, 5.41) is 6.59. The molecule has 0 fully saturated rings. The second-order valence-electron chi connectivity index (χ2n) is 4.38. The van der Waals surface area contributed by atoms with E-state index in [9.17, 15) is 0 Å². The molecule has 4 nitrogen and oxygen atoms in total.